The lowest BCUT2D eigenvalue weighted by molar-refractivity contribution is -0.503. The third-order valence-corrected chi connectivity index (χ3v) is 2.72. The van der Waals surface area contributed by atoms with Gasteiger partial charge in [0.15, 0.2) is 0 Å². The van der Waals surface area contributed by atoms with Gasteiger partial charge in [-0.05, 0) is 39.0 Å². The molecular formula is C12H25NO6. The molecule has 2 atom stereocenters. The number of carbonyl (C=O) groups is 1. The number of hydrogen-bond acceptors (Lipinski definition) is 7. The average Bonchev–Trinajstić information content (AvgIpc) is 2.27. The summed E-state index contributed by atoms with van der Waals surface area (Å²) in [6, 6.07) is 0. The van der Waals surface area contributed by atoms with Crippen LogP contribution in [0, 0.1) is 5.92 Å². The van der Waals surface area contributed by atoms with Crippen molar-refractivity contribution in [2.24, 2.45) is 5.92 Å². The molecule has 0 fully saturated rings. The predicted octanol–water partition coefficient (Wildman–Crippen LogP) is 2.75. The van der Waals surface area contributed by atoms with Gasteiger partial charge in [-0.3, -0.25) is 10.4 Å². The zero-order chi connectivity index (χ0) is 14.8. The molecule has 0 heterocycles. The molecule has 0 aromatic heterocycles. The zero-order valence-electron chi connectivity index (χ0n) is 12.0. The van der Waals surface area contributed by atoms with E-state index in [1.165, 1.54) is 0 Å². The molecule has 0 aliphatic heterocycles. The Morgan fingerprint density at radius 2 is 1.79 bits per heavy atom. The highest BCUT2D eigenvalue weighted by molar-refractivity contribution is 5.60. The van der Waals surface area contributed by atoms with Crippen LogP contribution in [-0.2, 0) is 14.3 Å². The number of carbonyl (C=O) groups excluding carboxylic acids is 1. The van der Waals surface area contributed by atoms with Gasteiger partial charge in [0.25, 0.3) is 0 Å². The molecule has 0 bridgehead atoms. The van der Waals surface area contributed by atoms with Crippen molar-refractivity contribution in [1.29, 1.82) is 0 Å². The van der Waals surface area contributed by atoms with Crippen LogP contribution in [-0.4, -0.2) is 40.8 Å². The Morgan fingerprint density at radius 3 is 2.32 bits per heavy atom. The van der Waals surface area contributed by atoms with E-state index in [2.05, 4.69) is 4.84 Å². The van der Waals surface area contributed by atoms with Crippen molar-refractivity contribution in [3.63, 3.8) is 0 Å². The van der Waals surface area contributed by atoms with Gasteiger partial charge >= 0.3 is 6.16 Å². The van der Waals surface area contributed by atoms with Crippen LogP contribution in [0.15, 0.2) is 0 Å². The Labute approximate surface area is 113 Å². The fourth-order valence-corrected chi connectivity index (χ4v) is 1.22. The lowest BCUT2D eigenvalue weighted by Gasteiger charge is -2.16. The van der Waals surface area contributed by atoms with E-state index in [4.69, 9.17) is 19.9 Å². The van der Waals surface area contributed by atoms with Crippen LogP contribution in [0.3, 0.4) is 0 Å². The van der Waals surface area contributed by atoms with Gasteiger partial charge in [0, 0.05) is 0 Å². The van der Waals surface area contributed by atoms with Crippen molar-refractivity contribution in [2.75, 3.05) is 6.61 Å². The molecule has 7 nitrogen and oxygen atoms in total. The van der Waals surface area contributed by atoms with Gasteiger partial charge in [-0.15, -0.1) is 0 Å². The minimum atomic E-state index is -0.651. The molecule has 0 radical (unpaired) electrons. The summed E-state index contributed by atoms with van der Waals surface area (Å²) >= 11 is 0. The van der Waals surface area contributed by atoms with E-state index in [1.807, 2.05) is 20.8 Å². The van der Waals surface area contributed by atoms with E-state index in [9.17, 15) is 4.79 Å². The zero-order valence-corrected chi connectivity index (χ0v) is 12.0. The second-order valence-electron chi connectivity index (χ2n) is 4.83. The summed E-state index contributed by atoms with van der Waals surface area (Å²) in [5.41, 5.74) is 0. The van der Waals surface area contributed by atoms with E-state index < -0.39 is 6.16 Å². The van der Waals surface area contributed by atoms with Gasteiger partial charge in [-0.2, -0.15) is 0 Å². The minimum absolute atomic E-state index is 0.166. The second kappa shape index (κ2) is 9.96. The van der Waals surface area contributed by atoms with Crippen molar-refractivity contribution in [3.8, 4) is 0 Å². The maximum absolute atomic E-state index is 11.3. The first-order valence-electron chi connectivity index (χ1n) is 6.51. The first-order valence-corrected chi connectivity index (χ1v) is 6.51. The Bertz CT molecular complexity index is 246. The van der Waals surface area contributed by atoms with E-state index in [1.54, 1.807) is 6.92 Å². The van der Waals surface area contributed by atoms with Crippen LogP contribution in [0.1, 0.15) is 47.0 Å². The maximum Gasteiger partial charge on any atom is 0.508 e. The Balaban J connectivity index is 3.51. The van der Waals surface area contributed by atoms with Crippen molar-refractivity contribution < 1.29 is 29.5 Å². The average molecular weight is 279 g/mol. The van der Waals surface area contributed by atoms with Crippen LogP contribution >= 0.6 is 0 Å². The predicted molar refractivity (Wildman–Crippen MR) is 66.5 cm³/mol. The van der Waals surface area contributed by atoms with Crippen molar-refractivity contribution in [2.45, 2.75) is 59.2 Å². The summed E-state index contributed by atoms with van der Waals surface area (Å²) in [5.74, 6) is 0.255. The highest BCUT2D eigenvalue weighted by Crippen LogP contribution is 2.08. The third kappa shape index (κ3) is 10.7. The number of ether oxygens (including phenoxy) is 2. The van der Waals surface area contributed by atoms with Crippen molar-refractivity contribution in [1.82, 2.24) is 5.39 Å². The number of unbranched alkanes of at least 4 members (excludes halogenated alkanes) is 1. The summed E-state index contributed by atoms with van der Waals surface area (Å²) in [6.07, 6.45) is 0.891. The molecule has 114 valence electrons. The molecule has 0 rings (SSSR count). The first kappa shape index (κ1) is 18.1. The molecule has 0 aliphatic rings. The molecule has 0 saturated carbocycles. The molecule has 0 aromatic carbocycles. The summed E-state index contributed by atoms with van der Waals surface area (Å²) in [6.45, 7) is 7.73. The molecule has 0 aliphatic carbocycles. The SMILES string of the molecule is CC(CCCCOC(=O)OC(C)C(C)C)ON(O)O. The first-order chi connectivity index (χ1) is 8.82. The molecule has 0 spiro atoms. The van der Waals surface area contributed by atoms with E-state index in [-0.39, 0.29) is 30.1 Å². The topological polar surface area (TPSA) is 88.5 Å². The van der Waals surface area contributed by atoms with Gasteiger partial charge < -0.3 is 9.47 Å². The lowest BCUT2D eigenvalue weighted by Crippen LogP contribution is -2.22. The summed E-state index contributed by atoms with van der Waals surface area (Å²) in [7, 11) is 0. The normalized spacial score (nSPS) is 14.5. The summed E-state index contributed by atoms with van der Waals surface area (Å²) in [5, 5.41) is 16.5. The van der Waals surface area contributed by atoms with Gasteiger partial charge in [0.2, 0.25) is 0 Å². The Morgan fingerprint density at radius 1 is 1.16 bits per heavy atom. The molecule has 0 amide bonds. The maximum atomic E-state index is 11.3. The molecule has 0 aromatic rings. The van der Waals surface area contributed by atoms with Crippen LogP contribution in [0.25, 0.3) is 0 Å². The van der Waals surface area contributed by atoms with Crippen LogP contribution in [0.2, 0.25) is 0 Å². The molecule has 2 unspecified atom stereocenters. The fourth-order valence-electron chi connectivity index (χ4n) is 1.22. The van der Waals surface area contributed by atoms with Gasteiger partial charge in [-0.25, -0.2) is 9.63 Å². The largest absolute Gasteiger partial charge is 0.508 e. The van der Waals surface area contributed by atoms with Crippen LogP contribution in [0.5, 0.6) is 0 Å². The van der Waals surface area contributed by atoms with Crippen molar-refractivity contribution >= 4 is 6.16 Å². The summed E-state index contributed by atoms with van der Waals surface area (Å²) in [4.78, 5) is 15.8. The smallest absolute Gasteiger partial charge is 0.434 e. The number of hydrogen-bond donors (Lipinski definition) is 2. The van der Waals surface area contributed by atoms with Crippen LogP contribution < -0.4 is 0 Å². The Hall–Kier alpha value is -0.890. The monoisotopic (exact) mass is 279 g/mol. The minimum Gasteiger partial charge on any atom is -0.434 e. The lowest BCUT2D eigenvalue weighted by atomic mass is 10.1. The van der Waals surface area contributed by atoms with E-state index in [0.717, 1.165) is 6.42 Å². The Kier molecular flexibility index (Phi) is 9.50. The molecule has 0 saturated heterocycles. The molecule has 19 heavy (non-hydrogen) atoms. The quantitative estimate of drug-likeness (QED) is 0.381. The van der Waals surface area contributed by atoms with Gasteiger partial charge in [0.1, 0.15) is 6.10 Å². The highest BCUT2D eigenvalue weighted by Gasteiger charge is 2.13. The fraction of sp³-hybridized carbons (Fsp3) is 0.917. The van der Waals surface area contributed by atoms with E-state index in [0.29, 0.717) is 12.8 Å². The highest BCUT2D eigenvalue weighted by atomic mass is 17.1. The molecule has 2 N–H and O–H groups in total. The third-order valence-electron chi connectivity index (χ3n) is 2.72. The molecular weight excluding hydrogens is 254 g/mol. The number of nitrogens with zero attached hydrogens (tertiary/aromatic N) is 1. The summed E-state index contributed by atoms with van der Waals surface area (Å²) < 4.78 is 9.95. The standard InChI is InChI=1S/C12H25NO6/c1-9(2)11(4)18-12(14)17-8-6-5-7-10(3)19-13(15)16/h9-11,15-16H,5-8H2,1-4H3. The number of rotatable bonds is 9. The molecule has 7 heteroatoms. The van der Waals surface area contributed by atoms with E-state index >= 15 is 0 Å². The van der Waals surface area contributed by atoms with Crippen LogP contribution in [0.4, 0.5) is 4.79 Å². The second-order valence-corrected chi connectivity index (χ2v) is 4.83. The van der Waals surface area contributed by atoms with Gasteiger partial charge in [0.05, 0.1) is 18.1 Å². The van der Waals surface area contributed by atoms with Crippen molar-refractivity contribution in [3.05, 3.63) is 0 Å². The van der Waals surface area contributed by atoms with Gasteiger partial charge in [-0.1, -0.05) is 13.8 Å².